The standard InChI is InChI=1S/C27H24N4O2/c1-30-14-19(17-6-2-4-8-20(17)30)24-25(27(33)29-26(24)32)23-18-7-3-5-9-21(18)31-13-16-12-28-11-15(16)10-22(23)31/h2-9,14-16,28H,10-13H2,1H3,(H,29,32,33). The third kappa shape index (κ3) is 2.52. The van der Waals surface area contributed by atoms with Gasteiger partial charge in [-0.15, -0.1) is 0 Å². The van der Waals surface area contributed by atoms with E-state index in [9.17, 15) is 9.59 Å². The minimum Gasteiger partial charge on any atom is -0.350 e. The Balaban J connectivity index is 1.56. The highest BCUT2D eigenvalue weighted by Crippen LogP contribution is 2.44. The number of aryl methyl sites for hydroxylation is 1. The quantitative estimate of drug-likeness (QED) is 0.475. The van der Waals surface area contributed by atoms with Crippen molar-refractivity contribution in [3.05, 3.63) is 71.5 Å². The molecule has 2 N–H and O–H groups in total. The highest BCUT2D eigenvalue weighted by atomic mass is 16.2. The SMILES string of the molecule is Cn1cc(C2=C(c3c4n(c5ccccc35)CC3CNCC3C4)C(=O)NC2=O)c2ccccc21. The maximum atomic E-state index is 13.3. The van der Waals surface area contributed by atoms with Crippen molar-refractivity contribution in [1.82, 2.24) is 19.8 Å². The lowest BCUT2D eigenvalue weighted by Crippen LogP contribution is -2.28. The molecule has 1 saturated heterocycles. The lowest BCUT2D eigenvalue weighted by atomic mass is 9.85. The van der Waals surface area contributed by atoms with E-state index < -0.39 is 0 Å². The molecular weight excluding hydrogens is 412 g/mol. The van der Waals surface area contributed by atoms with Crippen LogP contribution >= 0.6 is 0 Å². The second kappa shape index (κ2) is 6.68. The number of carbonyl (C=O) groups excluding carboxylic acids is 2. The average molecular weight is 437 g/mol. The largest absolute Gasteiger partial charge is 0.350 e. The molecule has 2 amide bonds. The summed E-state index contributed by atoms with van der Waals surface area (Å²) >= 11 is 0. The zero-order valence-electron chi connectivity index (χ0n) is 18.4. The molecule has 6 heteroatoms. The summed E-state index contributed by atoms with van der Waals surface area (Å²) < 4.78 is 4.41. The number of hydrogen-bond acceptors (Lipinski definition) is 3. The summed E-state index contributed by atoms with van der Waals surface area (Å²) in [6.45, 7) is 2.99. The number of rotatable bonds is 2. The van der Waals surface area contributed by atoms with Gasteiger partial charge in [-0.2, -0.15) is 0 Å². The number of nitrogens with one attached hydrogen (secondary N) is 2. The first kappa shape index (κ1) is 18.9. The number of fused-ring (bicyclic) bond motifs is 5. The Morgan fingerprint density at radius 2 is 1.55 bits per heavy atom. The van der Waals surface area contributed by atoms with Gasteiger partial charge in [0.25, 0.3) is 11.8 Å². The molecule has 33 heavy (non-hydrogen) atoms. The Kier molecular flexibility index (Phi) is 3.82. The fraction of sp³-hybridized carbons (Fsp3) is 0.259. The Morgan fingerprint density at radius 1 is 0.848 bits per heavy atom. The summed E-state index contributed by atoms with van der Waals surface area (Å²) in [6, 6.07) is 16.3. The molecule has 2 unspecified atom stereocenters. The second-order valence-corrected chi connectivity index (χ2v) is 9.54. The van der Waals surface area contributed by atoms with Gasteiger partial charge in [-0.05, 0) is 43.5 Å². The number of para-hydroxylation sites is 2. The van der Waals surface area contributed by atoms with Crippen molar-refractivity contribution in [3.8, 4) is 0 Å². The van der Waals surface area contributed by atoms with E-state index in [0.29, 0.717) is 23.0 Å². The average Bonchev–Trinajstić information content (AvgIpc) is 3.56. The molecular formula is C27H24N4O2. The third-order valence-electron chi connectivity index (χ3n) is 7.78. The van der Waals surface area contributed by atoms with Crippen molar-refractivity contribution in [3.63, 3.8) is 0 Å². The Morgan fingerprint density at radius 3 is 2.39 bits per heavy atom. The van der Waals surface area contributed by atoms with Crippen molar-refractivity contribution < 1.29 is 9.59 Å². The van der Waals surface area contributed by atoms with Crippen LogP contribution in [0.2, 0.25) is 0 Å². The minimum atomic E-state index is -0.313. The molecule has 0 saturated carbocycles. The third-order valence-corrected chi connectivity index (χ3v) is 7.78. The zero-order valence-corrected chi connectivity index (χ0v) is 18.4. The van der Waals surface area contributed by atoms with Gasteiger partial charge in [0.1, 0.15) is 0 Å². The number of carbonyl (C=O) groups is 2. The van der Waals surface area contributed by atoms with Crippen LogP contribution in [0.25, 0.3) is 33.0 Å². The van der Waals surface area contributed by atoms with Crippen LogP contribution in [-0.2, 0) is 29.6 Å². The van der Waals surface area contributed by atoms with Crippen LogP contribution in [0.1, 0.15) is 16.8 Å². The maximum Gasteiger partial charge on any atom is 0.259 e. The number of benzene rings is 2. The van der Waals surface area contributed by atoms with Gasteiger partial charge in [-0.1, -0.05) is 36.4 Å². The van der Waals surface area contributed by atoms with Crippen molar-refractivity contribution in [2.45, 2.75) is 13.0 Å². The van der Waals surface area contributed by atoms with Crippen molar-refractivity contribution in [1.29, 1.82) is 0 Å². The van der Waals surface area contributed by atoms with Crippen molar-refractivity contribution in [2.75, 3.05) is 13.1 Å². The molecule has 2 aromatic heterocycles. The molecule has 0 bridgehead atoms. The lowest BCUT2D eigenvalue weighted by molar-refractivity contribution is -0.122. The fourth-order valence-corrected chi connectivity index (χ4v) is 6.27. The molecule has 7 rings (SSSR count). The molecule has 0 radical (unpaired) electrons. The first-order chi connectivity index (χ1) is 16.1. The topological polar surface area (TPSA) is 68.1 Å². The predicted octanol–water partition coefficient (Wildman–Crippen LogP) is 3.09. The first-order valence-electron chi connectivity index (χ1n) is 11.6. The van der Waals surface area contributed by atoms with E-state index in [0.717, 1.165) is 59.0 Å². The van der Waals surface area contributed by atoms with Crippen LogP contribution < -0.4 is 10.6 Å². The van der Waals surface area contributed by atoms with Crippen LogP contribution in [0.3, 0.4) is 0 Å². The van der Waals surface area contributed by atoms with E-state index >= 15 is 0 Å². The Labute approximate surface area is 190 Å². The number of imide groups is 1. The molecule has 4 aromatic rings. The van der Waals surface area contributed by atoms with Crippen LogP contribution in [0.15, 0.2) is 54.7 Å². The van der Waals surface area contributed by atoms with Gasteiger partial charge in [0.15, 0.2) is 0 Å². The molecule has 3 aliphatic rings. The van der Waals surface area contributed by atoms with E-state index in [1.807, 2.05) is 48.1 Å². The monoisotopic (exact) mass is 436 g/mol. The van der Waals surface area contributed by atoms with Gasteiger partial charge in [0.05, 0.1) is 11.1 Å². The van der Waals surface area contributed by atoms with Gasteiger partial charge in [-0.25, -0.2) is 0 Å². The highest BCUT2D eigenvalue weighted by molar-refractivity contribution is 6.51. The smallest absolute Gasteiger partial charge is 0.259 e. The predicted molar refractivity (Wildman–Crippen MR) is 128 cm³/mol. The molecule has 0 aliphatic carbocycles. The molecule has 5 heterocycles. The number of amides is 2. The number of aromatic nitrogens is 2. The van der Waals surface area contributed by atoms with Crippen molar-refractivity contribution >= 4 is 44.8 Å². The lowest BCUT2D eigenvalue weighted by Gasteiger charge is -2.28. The summed E-state index contributed by atoms with van der Waals surface area (Å²) in [4.78, 5) is 26.6. The molecule has 6 nitrogen and oxygen atoms in total. The van der Waals surface area contributed by atoms with Gasteiger partial charge in [0, 0.05) is 58.4 Å². The minimum absolute atomic E-state index is 0.297. The second-order valence-electron chi connectivity index (χ2n) is 9.54. The van der Waals surface area contributed by atoms with Gasteiger partial charge in [0.2, 0.25) is 0 Å². The van der Waals surface area contributed by atoms with Gasteiger partial charge in [-0.3, -0.25) is 14.9 Å². The summed E-state index contributed by atoms with van der Waals surface area (Å²) in [5.41, 5.74) is 6.11. The number of nitrogens with zero attached hydrogens (tertiary/aromatic N) is 2. The van der Waals surface area contributed by atoms with E-state index in [2.05, 4.69) is 33.4 Å². The molecule has 164 valence electrons. The van der Waals surface area contributed by atoms with Gasteiger partial charge >= 0.3 is 0 Å². The summed E-state index contributed by atoms with van der Waals surface area (Å²) in [5, 5.41) is 8.19. The molecule has 2 atom stereocenters. The summed E-state index contributed by atoms with van der Waals surface area (Å²) in [7, 11) is 1.98. The van der Waals surface area contributed by atoms with Crippen LogP contribution in [0.5, 0.6) is 0 Å². The summed E-state index contributed by atoms with van der Waals surface area (Å²) in [5.74, 6) is 0.550. The normalized spacial score (nSPS) is 22.3. The van der Waals surface area contributed by atoms with E-state index in [4.69, 9.17) is 0 Å². The fourth-order valence-electron chi connectivity index (χ4n) is 6.27. The highest BCUT2D eigenvalue weighted by Gasteiger charge is 2.40. The van der Waals surface area contributed by atoms with Crippen molar-refractivity contribution in [2.24, 2.45) is 18.9 Å². The molecule has 1 fully saturated rings. The van der Waals surface area contributed by atoms with Crippen LogP contribution in [0.4, 0.5) is 0 Å². The molecule has 2 aromatic carbocycles. The maximum absolute atomic E-state index is 13.3. The van der Waals surface area contributed by atoms with Crippen LogP contribution in [-0.4, -0.2) is 34.0 Å². The Hall–Kier alpha value is -3.64. The molecule has 0 spiro atoms. The van der Waals surface area contributed by atoms with E-state index in [1.54, 1.807) is 0 Å². The van der Waals surface area contributed by atoms with Gasteiger partial charge < -0.3 is 14.5 Å². The van der Waals surface area contributed by atoms with Crippen LogP contribution in [0, 0.1) is 11.8 Å². The number of hydrogen-bond donors (Lipinski definition) is 2. The molecule has 3 aliphatic heterocycles. The van der Waals surface area contributed by atoms with E-state index in [1.165, 1.54) is 5.69 Å². The first-order valence-corrected chi connectivity index (χ1v) is 11.6. The summed E-state index contributed by atoms with van der Waals surface area (Å²) in [6.07, 6.45) is 2.88. The zero-order chi connectivity index (χ0) is 22.3. The Bertz CT molecular complexity index is 1540. The van der Waals surface area contributed by atoms with E-state index in [-0.39, 0.29) is 11.8 Å².